The van der Waals surface area contributed by atoms with Crippen LogP contribution >= 0.6 is 0 Å². The van der Waals surface area contributed by atoms with Crippen molar-refractivity contribution in [2.24, 2.45) is 10.1 Å². The molecule has 16 heavy (non-hydrogen) atoms. The number of imide groups is 1. The molecule has 0 bridgehead atoms. The van der Waals surface area contributed by atoms with Crippen LogP contribution in [0, 0.1) is 0 Å². The van der Waals surface area contributed by atoms with Gasteiger partial charge in [0.1, 0.15) is 6.34 Å². The van der Waals surface area contributed by atoms with Crippen LogP contribution in [-0.2, 0) is 9.59 Å². The number of hydrazone groups is 1. The van der Waals surface area contributed by atoms with Crippen LogP contribution in [0.2, 0.25) is 0 Å². The molecule has 0 atom stereocenters. The number of aliphatic imine (C=N–C) groups is 1. The third kappa shape index (κ3) is 3.15. The van der Waals surface area contributed by atoms with Crippen molar-refractivity contribution in [2.75, 3.05) is 20.1 Å². The largest absolute Gasteiger partial charge is 0.281 e. The van der Waals surface area contributed by atoms with Gasteiger partial charge in [0.2, 0.25) is 11.8 Å². The minimum Gasteiger partial charge on any atom is -0.281 e. The Bertz CT molecular complexity index is 298. The molecule has 6 heteroatoms. The summed E-state index contributed by atoms with van der Waals surface area (Å²) in [5.41, 5.74) is 0. The lowest BCUT2D eigenvalue weighted by Crippen LogP contribution is -2.43. The van der Waals surface area contributed by atoms with Gasteiger partial charge in [0, 0.05) is 33.2 Å². The Kier molecular flexibility index (Phi) is 4.63. The average molecular weight is 224 g/mol. The molecule has 2 amide bonds. The van der Waals surface area contributed by atoms with Crippen molar-refractivity contribution in [3.8, 4) is 0 Å². The summed E-state index contributed by atoms with van der Waals surface area (Å²) in [6.45, 7) is 4.14. The molecule has 1 aliphatic rings. The second-order valence-electron chi connectivity index (χ2n) is 3.47. The number of amides is 2. The molecule has 1 aliphatic heterocycles. The molecule has 0 saturated carbocycles. The number of carbonyl (C=O) groups is 2. The predicted octanol–water partition coefficient (Wildman–Crippen LogP) is 0.101. The van der Waals surface area contributed by atoms with Crippen LogP contribution in [-0.4, -0.2) is 54.9 Å². The van der Waals surface area contributed by atoms with Crippen molar-refractivity contribution in [1.29, 1.82) is 0 Å². The topological polar surface area (TPSA) is 65.3 Å². The highest BCUT2D eigenvalue weighted by atomic mass is 16.2. The highest BCUT2D eigenvalue weighted by Crippen LogP contribution is 2.11. The molecule has 0 radical (unpaired) electrons. The molecule has 0 aromatic heterocycles. The van der Waals surface area contributed by atoms with E-state index in [1.165, 1.54) is 16.2 Å². The smallest absolute Gasteiger partial charge is 0.229 e. The number of hydrogen-bond donors (Lipinski definition) is 0. The van der Waals surface area contributed by atoms with Gasteiger partial charge in [0.05, 0.1) is 6.54 Å². The molecule has 6 nitrogen and oxygen atoms in total. The first-order valence-corrected chi connectivity index (χ1v) is 5.17. The van der Waals surface area contributed by atoms with E-state index in [2.05, 4.69) is 16.8 Å². The van der Waals surface area contributed by atoms with E-state index in [1.54, 1.807) is 7.05 Å². The summed E-state index contributed by atoms with van der Waals surface area (Å²) in [5, 5.41) is 5.19. The van der Waals surface area contributed by atoms with Crippen LogP contribution in [0.4, 0.5) is 0 Å². The zero-order valence-electron chi connectivity index (χ0n) is 9.43. The van der Waals surface area contributed by atoms with E-state index in [-0.39, 0.29) is 11.8 Å². The van der Waals surface area contributed by atoms with Gasteiger partial charge in [0.15, 0.2) is 0 Å². The fourth-order valence-electron chi connectivity index (χ4n) is 1.55. The van der Waals surface area contributed by atoms with Crippen LogP contribution in [0.5, 0.6) is 0 Å². The monoisotopic (exact) mass is 224 g/mol. The van der Waals surface area contributed by atoms with Gasteiger partial charge in [-0.05, 0) is 6.42 Å². The Morgan fingerprint density at radius 1 is 1.44 bits per heavy atom. The van der Waals surface area contributed by atoms with Crippen molar-refractivity contribution in [2.45, 2.75) is 19.3 Å². The zero-order valence-corrected chi connectivity index (χ0v) is 9.43. The van der Waals surface area contributed by atoms with Crippen LogP contribution in [0.15, 0.2) is 10.1 Å². The third-order valence-electron chi connectivity index (χ3n) is 2.37. The van der Waals surface area contributed by atoms with E-state index in [0.717, 1.165) is 0 Å². The molecule has 1 saturated heterocycles. The van der Waals surface area contributed by atoms with E-state index in [9.17, 15) is 9.59 Å². The second kappa shape index (κ2) is 5.99. The van der Waals surface area contributed by atoms with Crippen molar-refractivity contribution < 1.29 is 9.59 Å². The molecule has 0 unspecified atom stereocenters. The maximum absolute atomic E-state index is 11.5. The Balaban J connectivity index is 2.49. The summed E-state index contributed by atoms with van der Waals surface area (Å²) in [6, 6.07) is 0. The van der Waals surface area contributed by atoms with Crippen molar-refractivity contribution in [3.63, 3.8) is 0 Å². The predicted molar refractivity (Wildman–Crippen MR) is 61.2 cm³/mol. The quantitative estimate of drug-likeness (QED) is 0.288. The maximum Gasteiger partial charge on any atom is 0.229 e. The fraction of sp³-hybridized carbons (Fsp3) is 0.600. The summed E-state index contributed by atoms with van der Waals surface area (Å²) < 4.78 is 0. The molecule has 0 N–H and O–H groups in total. The van der Waals surface area contributed by atoms with Crippen molar-refractivity contribution in [1.82, 2.24) is 9.91 Å². The van der Waals surface area contributed by atoms with E-state index in [1.807, 2.05) is 0 Å². The van der Waals surface area contributed by atoms with E-state index >= 15 is 0 Å². The average Bonchev–Trinajstić information content (AvgIpc) is 2.27. The van der Waals surface area contributed by atoms with Gasteiger partial charge >= 0.3 is 0 Å². The standard InChI is InChI=1S/C10H16N4O2/c1-11-8-13(12-2)6-7-14-9(15)4-3-5-10(14)16/h8H,2-7H2,1H3/b11-8-. The summed E-state index contributed by atoms with van der Waals surface area (Å²) in [7, 11) is 1.62. The Morgan fingerprint density at radius 2 is 2.06 bits per heavy atom. The van der Waals surface area contributed by atoms with Crippen LogP contribution < -0.4 is 0 Å². The molecule has 0 aromatic carbocycles. The first-order chi connectivity index (χ1) is 7.69. The number of hydrogen-bond acceptors (Lipinski definition) is 4. The molecular formula is C10H16N4O2. The lowest BCUT2D eigenvalue weighted by atomic mass is 10.1. The fourth-order valence-corrected chi connectivity index (χ4v) is 1.55. The van der Waals surface area contributed by atoms with Gasteiger partial charge in [-0.2, -0.15) is 5.10 Å². The molecule has 88 valence electrons. The Morgan fingerprint density at radius 3 is 2.56 bits per heavy atom. The van der Waals surface area contributed by atoms with Gasteiger partial charge in [-0.15, -0.1) is 0 Å². The molecule has 1 fully saturated rings. The molecule has 0 spiro atoms. The summed E-state index contributed by atoms with van der Waals surface area (Å²) in [4.78, 5) is 28.0. The highest BCUT2D eigenvalue weighted by molar-refractivity contribution is 5.97. The maximum atomic E-state index is 11.5. The van der Waals surface area contributed by atoms with Gasteiger partial charge in [-0.1, -0.05) is 0 Å². The van der Waals surface area contributed by atoms with Gasteiger partial charge < -0.3 is 0 Å². The molecule has 1 heterocycles. The van der Waals surface area contributed by atoms with Crippen LogP contribution in [0.3, 0.4) is 0 Å². The van der Waals surface area contributed by atoms with Crippen molar-refractivity contribution >= 4 is 24.9 Å². The molecule has 0 aromatic rings. The summed E-state index contributed by atoms with van der Waals surface area (Å²) in [6.07, 6.45) is 3.07. The Hall–Kier alpha value is -1.72. The van der Waals surface area contributed by atoms with E-state index in [0.29, 0.717) is 32.4 Å². The van der Waals surface area contributed by atoms with Crippen molar-refractivity contribution in [3.05, 3.63) is 0 Å². The second-order valence-corrected chi connectivity index (χ2v) is 3.47. The van der Waals surface area contributed by atoms with Gasteiger partial charge in [-0.25, -0.2) is 0 Å². The summed E-state index contributed by atoms with van der Waals surface area (Å²) >= 11 is 0. The SMILES string of the molecule is C=NN(/C=N\C)CCN1C(=O)CCCC1=O. The first-order valence-electron chi connectivity index (χ1n) is 5.17. The number of nitrogens with zero attached hydrogens (tertiary/aromatic N) is 4. The molecule has 1 rings (SSSR count). The third-order valence-corrected chi connectivity index (χ3v) is 2.37. The number of carbonyl (C=O) groups excluding carboxylic acids is 2. The number of rotatable bonds is 5. The number of likely N-dealkylation sites (tertiary alicyclic amines) is 1. The van der Waals surface area contributed by atoms with Crippen LogP contribution in [0.1, 0.15) is 19.3 Å². The van der Waals surface area contributed by atoms with Crippen LogP contribution in [0.25, 0.3) is 0 Å². The normalized spacial score (nSPS) is 16.9. The minimum absolute atomic E-state index is 0.103. The van der Waals surface area contributed by atoms with Gasteiger partial charge in [-0.3, -0.25) is 24.5 Å². The van der Waals surface area contributed by atoms with Gasteiger partial charge in [0.25, 0.3) is 0 Å². The molecule has 0 aliphatic carbocycles. The lowest BCUT2D eigenvalue weighted by molar-refractivity contribution is -0.148. The Labute approximate surface area is 94.6 Å². The van der Waals surface area contributed by atoms with E-state index in [4.69, 9.17) is 0 Å². The highest BCUT2D eigenvalue weighted by Gasteiger charge is 2.25. The first kappa shape index (κ1) is 12.4. The number of piperidine rings is 1. The minimum atomic E-state index is -0.103. The summed E-state index contributed by atoms with van der Waals surface area (Å²) in [5.74, 6) is -0.206. The lowest BCUT2D eigenvalue weighted by Gasteiger charge is -2.26. The zero-order chi connectivity index (χ0) is 12.0. The van der Waals surface area contributed by atoms with E-state index < -0.39 is 0 Å². The molecular weight excluding hydrogens is 208 g/mol.